The van der Waals surface area contributed by atoms with Crippen LogP contribution < -0.4 is 0 Å². The van der Waals surface area contributed by atoms with Crippen LogP contribution in [0.15, 0.2) is 18.2 Å². The number of aliphatic hydroxyl groups is 1. The van der Waals surface area contributed by atoms with Crippen molar-refractivity contribution < 1.29 is 5.11 Å². The highest BCUT2D eigenvalue weighted by molar-refractivity contribution is 7.80. The van der Waals surface area contributed by atoms with E-state index in [9.17, 15) is 0 Å². The molecule has 0 amide bonds. The van der Waals surface area contributed by atoms with Gasteiger partial charge in [0.2, 0.25) is 0 Å². The molecule has 2 rings (SSSR count). The molecule has 4 heteroatoms. The largest absolute Gasteiger partial charge is 0.388 e. The van der Waals surface area contributed by atoms with Crippen LogP contribution in [0.1, 0.15) is 37.6 Å². The fourth-order valence-electron chi connectivity index (χ4n) is 1.86. The van der Waals surface area contributed by atoms with Crippen molar-refractivity contribution in [2.45, 2.75) is 32.8 Å². The maximum Gasteiger partial charge on any atom is 0.133 e. The Labute approximate surface area is 106 Å². The minimum absolute atomic E-state index is 0.0736. The zero-order valence-corrected chi connectivity index (χ0v) is 10.7. The quantitative estimate of drug-likeness (QED) is 0.632. The molecule has 3 nitrogen and oxygen atoms in total. The Bertz CT molecular complexity index is 533. The summed E-state index contributed by atoms with van der Waals surface area (Å²) >= 11 is 5.44. The third-order valence-electron chi connectivity index (χ3n) is 2.77. The van der Waals surface area contributed by atoms with Crippen LogP contribution in [0.5, 0.6) is 0 Å². The van der Waals surface area contributed by atoms with Crippen molar-refractivity contribution in [3.8, 4) is 0 Å². The number of rotatable bonds is 5. The molecule has 1 aromatic heterocycles. The van der Waals surface area contributed by atoms with E-state index in [2.05, 4.69) is 16.9 Å². The number of thiocarbonyl (C=S) groups is 1. The number of nitrogens with one attached hydrogen (secondary N) is 1. The number of H-pyrrole nitrogens is 1. The van der Waals surface area contributed by atoms with Crippen LogP contribution in [0, 0.1) is 0 Å². The predicted octanol–water partition coefficient (Wildman–Crippen LogP) is 2.96. The van der Waals surface area contributed by atoms with Gasteiger partial charge in [-0.15, -0.1) is 0 Å². The molecule has 1 aromatic carbocycles. The minimum atomic E-state index is -0.0736. The highest BCUT2D eigenvalue weighted by Gasteiger charge is 2.09. The molecular formula is C13H16N2OS. The van der Waals surface area contributed by atoms with Gasteiger partial charge in [0.1, 0.15) is 12.4 Å². The predicted molar refractivity (Wildman–Crippen MR) is 73.2 cm³/mol. The molecule has 0 unspecified atom stereocenters. The number of unbranched alkanes of at least 4 members (excludes halogenated alkanes) is 1. The van der Waals surface area contributed by atoms with E-state index in [-0.39, 0.29) is 6.61 Å². The van der Waals surface area contributed by atoms with Crippen LogP contribution in [-0.4, -0.2) is 19.9 Å². The summed E-state index contributed by atoms with van der Waals surface area (Å²) in [7, 11) is 0. The molecule has 17 heavy (non-hydrogen) atoms. The number of benzene rings is 1. The third-order valence-corrected chi connectivity index (χ3v) is 3.19. The van der Waals surface area contributed by atoms with Crippen molar-refractivity contribution in [2.75, 3.05) is 0 Å². The lowest BCUT2D eigenvalue weighted by molar-refractivity contribution is 0.273. The molecule has 90 valence electrons. The van der Waals surface area contributed by atoms with Crippen LogP contribution in [0.25, 0.3) is 11.0 Å². The number of fused-ring (bicyclic) bond motifs is 1. The van der Waals surface area contributed by atoms with E-state index in [0.29, 0.717) is 5.82 Å². The lowest BCUT2D eigenvalue weighted by Crippen LogP contribution is -1.98. The fraction of sp³-hybridized carbons (Fsp3) is 0.385. The highest BCUT2D eigenvalue weighted by atomic mass is 32.1. The molecule has 0 spiro atoms. The molecule has 0 fully saturated rings. The minimum Gasteiger partial charge on any atom is -0.388 e. The van der Waals surface area contributed by atoms with Crippen LogP contribution in [-0.2, 0) is 6.61 Å². The SMILES string of the molecule is CCCCC(=S)c1cccc2[nH]c(CO)nc12. The first-order valence-electron chi connectivity index (χ1n) is 5.88. The first-order valence-corrected chi connectivity index (χ1v) is 6.28. The fourth-order valence-corrected chi connectivity index (χ4v) is 2.16. The van der Waals surface area contributed by atoms with Crippen LogP contribution in [0.4, 0.5) is 0 Å². The lowest BCUT2D eigenvalue weighted by Gasteiger charge is -2.03. The van der Waals surface area contributed by atoms with E-state index in [0.717, 1.165) is 40.7 Å². The highest BCUT2D eigenvalue weighted by Crippen LogP contribution is 2.19. The van der Waals surface area contributed by atoms with Crippen LogP contribution in [0.2, 0.25) is 0 Å². The van der Waals surface area contributed by atoms with E-state index >= 15 is 0 Å². The van der Waals surface area contributed by atoms with E-state index in [1.54, 1.807) is 0 Å². The van der Waals surface area contributed by atoms with E-state index < -0.39 is 0 Å². The first-order chi connectivity index (χ1) is 8.26. The Morgan fingerprint density at radius 2 is 2.29 bits per heavy atom. The number of imidazole rings is 1. The third kappa shape index (κ3) is 2.53. The molecular weight excluding hydrogens is 232 g/mol. The summed E-state index contributed by atoms with van der Waals surface area (Å²) in [6, 6.07) is 5.92. The number of aromatic nitrogens is 2. The van der Waals surface area contributed by atoms with Crippen molar-refractivity contribution in [3.05, 3.63) is 29.6 Å². The number of hydrogen-bond acceptors (Lipinski definition) is 3. The van der Waals surface area contributed by atoms with Crippen molar-refractivity contribution in [1.29, 1.82) is 0 Å². The standard InChI is InChI=1S/C13H16N2OS/c1-2-3-7-11(17)9-5-4-6-10-13(9)15-12(8-16)14-10/h4-6,16H,2-3,7-8H2,1H3,(H,14,15). The Balaban J connectivity index is 2.39. The second-order valence-corrected chi connectivity index (χ2v) is 4.56. The van der Waals surface area contributed by atoms with E-state index in [1.165, 1.54) is 0 Å². The first kappa shape index (κ1) is 12.2. The van der Waals surface area contributed by atoms with E-state index in [1.807, 2.05) is 18.2 Å². The number of aromatic amines is 1. The Kier molecular flexibility index (Phi) is 3.86. The lowest BCUT2D eigenvalue weighted by atomic mass is 10.1. The monoisotopic (exact) mass is 248 g/mol. The second kappa shape index (κ2) is 5.38. The van der Waals surface area contributed by atoms with Crippen molar-refractivity contribution >= 4 is 28.1 Å². The van der Waals surface area contributed by atoms with Gasteiger partial charge in [-0.1, -0.05) is 37.7 Å². The summed E-state index contributed by atoms with van der Waals surface area (Å²) in [4.78, 5) is 8.40. The molecule has 0 aliphatic carbocycles. The molecule has 2 N–H and O–H groups in total. The zero-order chi connectivity index (χ0) is 12.3. The van der Waals surface area contributed by atoms with Gasteiger partial charge in [0.25, 0.3) is 0 Å². The van der Waals surface area contributed by atoms with Gasteiger partial charge in [-0.25, -0.2) is 4.98 Å². The van der Waals surface area contributed by atoms with Gasteiger partial charge < -0.3 is 10.1 Å². The smallest absolute Gasteiger partial charge is 0.133 e. The van der Waals surface area contributed by atoms with E-state index in [4.69, 9.17) is 17.3 Å². The van der Waals surface area contributed by atoms with Gasteiger partial charge >= 0.3 is 0 Å². The molecule has 0 saturated carbocycles. The van der Waals surface area contributed by atoms with Crippen LogP contribution >= 0.6 is 12.2 Å². The maximum absolute atomic E-state index is 9.08. The maximum atomic E-state index is 9.08. The summed E-state index contributed by atoms with van der Waals surface area (Å²) in [5.74, 6) is 0.589. The molecule has 0 aliphatic heterocycles. The second-order valence-electron chi connectivity index (χ2n) is 4.07. The summed E-state index contributed by atoms with van der Waals surface area (Å²) in [5, 5.41) is 9.08. The molecule has 0 bridgehead atoms. The number of aliphatic hydroxyl groups excluding tert-OH is 1. The Morgan fingerprint density at radius 1 is 1.47 bits per heavy atom. The number of para-hydroxylation sites is 1. The summed E-state index contributed by atoms with van der Waals surface area (Å²) < 4.78 is 0. The Morgan fingerprint density at radius 3 is 3.00 bits per heavy atom. The number of nitrogens with zero attached hydrogens (tertiary/aromatic N) is 1. The topological polar surface area (TPSA) is 48.9 Å². The van der Waals surface area contributed by atoms with Gasteiger partial charge in [0.05, 0.1) is 11.0 Å². The van der Waals surface area contributed by atoms with Crippen molar-refractivity contribution in [1.82, 2.24) is 9.97 Å². The molecule has 1 heterocycles. The molecule has 0 saturated heterocycles. The van der Waals surface area contributed by atoms with Gasteiger partial charge in [-0.2, -0.15) is 0 Å². The number of hydrogen-bond donors (Lipinski definition) is 2. The summed E-state index contributed by atoms with van der Waals surface area (Å²) in [6.45, 7) is 2.08. The Hall–Kier alpha value is -1.26. The molecule has 2 aromatic rings. The average molecular weight is 248 g/mol. The summed E-state index contributed by atoms with van der Waals surface area (Å²) in [5.41, 5.74) is 2.82. The van der Waals surface area contributed by atoms with Crippen molar-refractivity contribution in [3.63, 3.8) is 0 Å². The van der Waals surface area contributed by atoms with Gasteiger partial charge in [0, 0.05) is 10.4 Å². The molecule has 0 atom stereocenters. The zero-order valence-electron chi connectivity index (χ0n) is 9.86. The van der Waals surface area contributed by atoms with Gasteiger partial charge in [-0.3, -0.25) is 0 Å². The van der Waals surface area contributed by atoms with Crippen LogP contribution in [0.3, 0.4) is 0 Å². The van der Waals surface area contributed by atoms with Gasteiger partial charge in [-0.05, 0) is 18.9 Å². The van der Waals surface area contributed by atoms with Gasteiger partial charge in [0.15, 0.2) is 0 Å². The average Bonchev–Trinajstić information content (AvgIpc) is 2.78. The molecule has 0 radical (unpaired) electrons. The van der Waals surface area contributed by atoms with Crippen molar-refractivity contribution in [2.24, 2.45) is 0 Å². The summed E-state index contributed by atoms with van der Waals surface area (Å²) in [6.07, 6.45) is 3.16. The molecule has 0 aliphatic rings. The normalized spacial score (nSPS) is 10.9.